The van der Waals surface area contributed by atoms with Crippen LogP contribution < -0.4 is 10.6 Å². The first-order valence-electron chi connectivity index (χ1n) is 9.61. The number of aliphatic hydroxyl groups excluding tert-OH is 1. The molecule has 3 heterocycles. The van der Waals surface area contributed by atoms with Gasteiger partial charge in [-0.25, -0.2) is 13.9 Å². The van der Waals surface area contributed by atoms with Gasteiger partial charge >= 0.3 is 11.9 Å². The zero-order chi connectivity index (χ0) is 23.0. The molecule has 1 N–H and O–H groups in total. The molecule has 0 aliphatic carbocycles. The number of aromatic nitrogens is 3. The van der Waals surface area contributed by atoms with Crippen molar-refractivity contribution in [3.8, 4) is 0 Å². The molecule has 1 aliphatic rings. The molecule has 1 unspecified atom stereocenters. The number of thiophene rings is 1. The van der Waals surface area contributed by atoms with Crippen molar-refractivity contribution in [1.29, 1.82) is 0 Å². The Balaban J connectivity index is 1.50. The minimum absolute atomic E-state index is 0.122. The molecule has 0 saturated heterocycles. The Kier molecular flexibility index (Phi) is 5.87. The predicted molar refractivity (Wildman–Crippen MR) is 112 cm³/mol. The molecule has 0 spiro atoms. The molecule has 3 aromatic rings. The first kappa shape index (κ1) is 22.2. The molecular weight excluding hydrogens is 448 g/mol. The Labute approximate surface area is 184 Å². The van der Waals surface area contributed by atoms with Crippen LogP contribution >= 0.6 is 11.3 Å². The van der Waals surface area contributed by atoms with Crippen LogP contribution in [0.4, 0.5) is 23.4 Å². The van der Waals surface area contributed by atoms with E-state index < -0.39 is 22.8 Å². The lowest BCUT2D eigenvalue weighted by Gasteiger charge is -2.31. The van der Waals surface area contributed by atoms with E-state index in [0.717, 1.165) is 16.3 Å². The third-order valence-electron chi connectivity index (χ3n) is 5.10. The van der Waals surface area contributed by atoms with Crippen LogP contribution in [-0.2, 0) is 12.7 Å². The number of aliphatic hydroxyl groups is 1. The van der Waals surface area contributed by atoms with Crippen molar-refractivity contribution < 1.29 is 22.7 Å². The van der Waals surface area contributed by atoms with Crippen molar-refractivity contribution in [1.82, 2.24) is 14.8 Å². The fourth-order valence-corrected chi connectivity index (χ4v) is 4.39. The number of hydrogen-bond donors (Lipinski definition) is 1. The lowest BCUT2D eigenvalue weighted by molar-refractivity contribution is -0.134. The number of nitrogens with zero attached hydrogens (tertiary/aromatic N) is 4. The van der Waals surface area contributed by atoms with Gasteiger partial charge in [-0.05, 0) is 47.9 Å². The number of halogens is 4. The molecule has 11 heteroatoms. The summed E-state index contributed by atoms with van der Waals surface area (Å²) in [6.07, 6.45) is -2.19. The van der Waals surface area contributed by atoms with Crippen molar-refractivity contribution in [2.75, 3.05) is 18.0 Å². The highest BCUT2D eigenvalue weighted by Gasteiger charge is 2.32. The highest BCUT2D eigenvalue weighted by molar-refractivity contribution is 7.12. The van der Waals surface area contributed by atoms with Crippen LogP contribution in [-0.4, -0.2) is 39.1 Å². The molecule has 4 rings (SSSR count). The second-order valence-electron chi connectivity index (χ2n) is 7.36. The summed E-state index contributed by atoms with van der Waals surface area (Å²) in [6, 6.07) is 6.62. The van der Waals surface area contributed by atoms with E-state index in [1.54, 1.807) is 24.0 Å². The van der Waals surface area contributed by atoms with Gasteiger partial charge in [0.1, 0.15) is 10.7 Å². The van der Waals surface area contributed by atoms with Crippen molar-refractivity contribution in [2.24, 2.45) is 0 Å². The monoisotopic (exact) mass is 466 g/mol. The molecular formula is C21H18F4N4O2S. The maximum atomic E-state index is 13.4. The van der Waals surface area contributed by atoms with Crippen molar-refractivity contribution in [2.45, 2.75) is 25.7 Å². The second-order valence-corrected chi connectivity index (χ2v) is 8.53. The van der Waals surface area contributed by atoms with E-state index >= 15 is 0 Å². The van der Waals surface area contributed by atoms with Gasteiger partial charge in [-0.3, -0.25) is 0 Å². The largest absolute Gasteiger partial charge is 0.425 e. The number of benzene rings is 1. The van der Waals surface area contributed by atoms with E-state index in [4.69, 9.17) is 0 Å². The summed E-state index contributed by atoms with van der Waals surface area (Å²) < 4.78 is 52.6. The molecule has 168 valence electrons. The Morgan fingerprint density at radius 3 is 2.66 bits per heavy atom. The Hall–Kier alpha value is -3.05. The van der Waals surface area contributed by atoms with Crippen molar-refractivity contribution in [3.63, 3.8) is 0 Å². The maximum Gasteiger partial charge on any atom is 0.425 e. The predicted octanol–water partition coefficient (Wildman–Crippen LogP) is 3.48. The van der Waals surface area contributed by atoms with Gasteiger partial charge in [0, 0.05) is 18.0 Å². The molecule has 1 aliphatic heterocycles. The summed E-state index contributed by atoms with van der Waals surface area (Å²) >= 11 is 0.549. The van der Waals surface area contributed by atoms with Crippen molar-refractivity contribution in [3.05, 3.63) is 79.8 Å². The lowest BCUT2D eigenvalue weighted by atomic mass is 9.93. The minimum Gasteiger partial charge on any atom is -0.387 e. The quantitative estimate of drug-likeness (QED) is 0.597. The summed E-state index contributed by atoms with van der Waals surface area (Å²) in [5.74, 6) is -0.106. The maximum absolute atomic E-state index is 13.4. The molecule has 0 fully saturated rings. The average Bonchev–Trinajstić information content (AvgIpc) is 3.19. The zero-order valence-corrected chi connectivity index (χ0v) is 17.6. The normalized spacial score (nSPS) is 16.9. The standard InChI is InChI=1S/C21H18F4N4O2S/c1-12-8-13(22)2-4-15(12)16-6-7-28(11-17(16)30)19-9-26-29(20(31)27-19)10-14-3-5-18(32-14)21(23,24)25/h2-6,8-9,17,30H,7,10-11H2,1H3. The molecule has 0 bridgehead atoms. The summed E-state index contributed by atoms with van der Waals surface area (Å²) in [5, 5.41) is 14.6. The molecule has 32 heavy (non-hydrogen) atoms. The Bertz CT molecular complexity index is 1240. The number of hydrogen-bond acceptors (Lipinski definition) is 6. The van der Waals surface area contributed by atoms with E-state index in [1.807, 2.05) is 0 Å². The smallest absolute Gasteiger partial charge is 0.387 e. The topological polar surface area (TPSA) is 71.2 Å². The van der Waals surface area contributed by atoms with Gasteiger partial charge in [-0.2, -0.15) is 23.3 Å². The number of rotatable bonds is 4. The molecule has 6 nitrogen and oxygen atoms in total. The van der Waals surface area contributed by atoms with E-state index in [9.17, 15) is 27.5 Å². The third kappa shape index (κ3) is 4.58. The van der Waals surface area contributed by atoms with Crippen LogP contribution in [0.15, 0.2) is 47.4 Å². The van der Waals surface area contributed by atoms with Crippen LogP contribution in [0.1, 0.15) is 20.9 Å². The van der Waals surface area contributed by atoms with Crippen LogP contribution in [0.25, 0.3) is 5.57 Å². The van der Waals surface area contributed by atoms with Gasteiger partial charge in [-0.1, -0.05) is 12.1 Å². The summed E-state index contributed by atoms with van der Waals surface area (Å²) in [7, 11) is 0. The SMILES string of the molecule is Cc1cc(F)ccc1C1=CCN(c2cnn(Cc3ccc(C(F)(F)F)s3)c(=O)n2)CC1O. The number of β-amino-alcohol motifs (C(OH)–C–C–N with tert-alkyl or cyclic N) is 1. The number of anilines is 1. The zero-order valence-electron chi connectivity index (χ0n) is 16.8. The Morgan fingerprint density at radius 2 is 2.03 bits per heavy atom. The van der Waals surface area contributed by atoms with Crippen molar-refractivity contribution >= 4 is 22.7 Å². The van der Waals surface area contributed by atoms with Gasteiger partial charge in [0.05, 0.1) is 18.8 Å². The van der Waals surface area contributed by atoms with Gasteiger partial charge in [-0.15, -0.1) is 11.3 Å². The highest BCUT2D eigenvalue weighted by atomic mass is 32.1. The molecule has 0 radical (unpaired) electrons. The molecule has 1 atom stereocenters. The number of aryl methyl sites for hydroxylation is 1. The molecule has 0 amide bonds. The summed E-state index contributed by atoms with van der Waals surface area (Å²) in [4.78, 5) is 17.6. The fourth-order valence-electron chi connectivity index (χ4n) is 3.53. The minimum atomic E-state index is -4.43. The fraction of sp³-hybridized carbons (Fsp3) is 0.286. The van der Waals surface area contributed by atoms with E-state index in [-0.39, 0.29) is 24.7 Å². The second kappa shape index (κ2) is 8.47. The lowest BCUT2D eigenvalue weighted by Crippen LogP contribution is -2.39. The average molecular weight is 466 g/mol. The summed E-state index contributed by atoms with van der Waals surface area (Å²) in [5.41, 5.74) is 1.41. The van der Waals surface area contributed by atoms with Crippen LogP contribution in [0.5, 0.6) is 0 Å². The van der Waals surface area contributed by atoms with Crippen LogP contribution in [0.3, 0.4) is 0 Å². The van der Waals surface area contributed by atoms with E-state index in [1.165, 1.54) is 24.4 Å². The van der Waals surface area contributed by atoms with Crippen LogP contribution in [0, 0.1) is 12.7 Å². The first-order chi connectivity index (χ1) is 15.1. The van der Waals surface area contributed by atoms with Gasteiger partial charge < -0.3 is 10.0 Å². The molecule has 2 aromatic heterocycles. The van der Waals surface area contributed by atoms with Gasteiger partial charge in [0.15, 0.2) is 5.82 Å². The van der Waals surface area contributed by atoms with E-state index in [2.05, 4.69) is 10.1 Å². The Morgan fingerprint density at radius 1 is 1.25 bits per heavy atom. The highest BCUT2D eigenvalue weighted by Crippen LogP contribution is 2.34. The van der Waals surface area contributed by atoms with E-state index in [0.29, 0.717) is 33.9 Å². The first-order valence-corrected chi connectivity index (χ1v) is 10.4. The molecule has 1 aromatic carbocycles. The third-order valence-corrected chi connectivity index (χ3v) is 6.21. The number of alkyl halides is 3. The summed E-state index contributed by atoms with van der Waals surface area (Å²) in [6.45, 7) is 2.14. The molecule has 0 saturated carbocycles. The van der Waals surface area contributed by atoms with Gasteiger partial charge in [0.25, 0.3) is 0 Å². The van der Waals surface area contributed by atoms with Gasteiger partial charge in [0.2, 0.25) is 0 Å². The van der Waals surface area contributed by atoms with Crippen LogP contribution in [0.2, 0.25) is 0 Å².